The van der Waals surface area contributed by atoms with Gasteiger partial charge in [-0.3, -0.25) is 4.90 Å². The van der Waals surface area contributed by atoms with Gasteiger partial charge in [0.15, 0.2) is 5.13 Å². The number of piperazine rings is 1. The highest BCUT2D eigenvalue weighted by molar-refractivity contribution is 7.13. The Morgan fingerprint density at radius 1 is 1.14 bits per heavy atom. The minimum Gasteiger partial charge on any atom is -0.346 e. The van der Waals surface area contributed by atoms with Crippen molar-refractivity contribution < 1.29 is 0 Å². The van der Waals surface area contributed by atoms with Crippen molar-refractivity contribution >= 4 is 34.1 Å². The Balaban J connectivity index is 1.46. The maximum atomic E-state index is 5.82. The van der Waals surface area contributed by atoms with Gasteiger partial charge in [0, 0.05) is 38.1 Å². The first-order valence-electron chi connectivity index (χ1n) is 7.54. The quantitative estimate of drug-likeness (QED) is 0.777. The molecule has 0 aliphatic carbocycles. The summed E-state index contributed by atoms with van der Waals surface area (Å²) in [6.45, 7) is 5.24. The molecule has 1 aromatic carbocycles. The van der Waals surface area contributed by atoms with Gasteiger partial charge in [-0.15, -0.1) is 22.9 Å². The molecule has 0 N–H and O–H groups in total. The second-order valence-corrected chi connectivity index (χ2v) is 6.46. The van der Waals surface area contributed by atoms with Crippen LogP contribution in [-0.4, -0.2) is 42.6 Å². The first-order valence-corrected chi connectivity index (χ1v) is 8.96. The van der Waals surface area contributed by atoms with Crippen LogP contribution in [0.1, 0.15) is 11.3 Å². The number of halogens is 1. The van der Waals surface area contributed by atoms with Crippen LogP contribution in [0.5, 0.6) is 0 Å². The number of rotatable bonds is 5. The van der Waals surface area contributed by atoms with E-state index in [1.807, 2.05) is 6.07 Å². The summed E-state index contributed by atoms with van der Waals surface area (Å²) in [7, 11) is 0. The second-order valence-electron chi connectivity index (χ2n) is 5.36. The van der Waals surface area contributed by atoms with Gasteiger partial charge < -0.3 is 4.90 Å². The Hall–Kier alpha value is -1.36. The summed E-state index contributed by atoms with van der Waals surface area (Å²) in [6, 6.07) is 10.4. The molecule has 1 aliphatic heterocycles. The molecule has 116 valence electrons. The molecule has 0 unspecified atom stereocenters. The SMILES string of the molecule is ClCc1csc(N2CCN(C/C=C/c3ccccc3)CC2)n1. The lowest BCUT2D eigenvalue weighted by molar-refractivity contribution is 0.284. The number of anilines is 1. The van der Waals surface area contributed by atoms with Crippen molar-refractivity contribution in [1.82, 2.24) is 9.88 Å². The molecule has 2 heterocycles. The molecule has 0 saturated carbocycles. The van der Waals surface area contributed by atoms with Crippen LogP contribution in [0.15, 0.2) is 41.8 Å². The molecule has 0 amide bonds. The lowest BCUT2D eigenvalue weighted by Gasteiger charge is -2.33. The van der Waals surface area contributed by atoms with Crippen molar-refractivity contribution in [2.24, 2.45) is 0 Å². The predicted octanol–water partition coefficient (Wildman–Crippen LogP) is 3.72. The monoisotopic (exact) mass is 333 g/mol. The first kappa shape index (κ1) is 15.5. The number of benzene rings is 1. The lowest BCUT2D eigenvalue weighted by atomic mass is 10.2. The second kappa shape index (κ2) is 7.77. The van der Waals surface area contributed by atoms with Crippen LogP contribution < -0.4 is 4.90 Å². The summed E-state index contributed by atoms with van der Waals surface area (Å²) in [5, 5.41) is 3.16. The minimum atomic E-state index is 0.501. The molecular weight excluding hydrogens is 314 g/mol. The van der Waals surface area contributed by atoms with Crippen LogP contribution >= 0.6 is 22.9 Å². The standard InChI is InChI=1S/C17H20ClN3S/c18-13-16-14-22-17(19-16)21-11-9-20(10-12-21)8-4-7-15-5-2-1-3-6-15/h1-7,14H,8-13H2/b7-4+. The van der Waals surface area contributed by atoms with Crippen molar-refractivity contribution in [1.29, 1.82) is 0 Å². The fourth-order valence-corrected chi connectivity index (χ4v) is 3.63. The largest absolute Gasteiger partial charge is 0.346 e. The summed E-state index contributed by atoms with van der Waals surface area (Å²) >= 11 is 7.51. The molecule has 0 radical (unpaired) electrons. The molecular formula is C17H20ClN3S. The Morgan fingerprint density at radius 3 is 2.59 bits per heavy atom. The van der Waals surface area contributed by atoms with E-state index in [1.165, 1.54) is 5.56 Å². The van der Waals surface area contributed by atoms with Gasteiger partial charge in [0.05, 0.1) is 11.6 Å². The molecule has 1 fully saturated rings. The Bertz CT molecular complexity index is 603. The third kappa shape index (κ3) is 4.09. The Morgan fingerprint density at radius 2 is 1.91 bits per heavy atom. The van der Waals surface area contributed by atoms with E-state index in [1.54, 1.807) is 11.3 Å². The van der Waals surface area contributed by atoms with E-state index in [0.29, 0.717) is 5.88 Å². The van der Waals surface area contributed by atoms with Crippen LogP contribution in [0, 0.1) is 0 Å². The van der Waals surface area contributed by atoms with Gasteiger partial charge in [-0.25, -0.2) is 4.98 Å². The molecule has 1 aromatic heterocycles. The number of hydrogen-bond acceptors (Lipinski definition) is 4. The average molecular weight is 334 g/mol. The number of alkyl halides is 1. The zero-order valence-electron chi connectivity index (χ0n) is 12.5. The highest BCUT2D eigenvalue weighted by Gasteiger charge is 2.18. The van der Waals surface area contributed by atoms with Crippen LogP contribution in [0.4, 0.5) is 5.13 Å². The highest BCUT2D eigenvalue weighted by Crippen LogP contribution is 2.22. The predicted molar refractivity (Wildman–Crippen MR) is 95.8 cm³/mol. The lowest BCUT2D eigenvalue weighted by Crippen LogP contribution is -2.46. The van der Waals surface area contributed by atoms with Crippen molar-refractivity contribution in [3.8, 4) is 0 Å². The summed E-state index contributed by atoms with van der Waals surface area (Å²) in [5.41, 5.74) is 2.24. The highest BCUT2D eigenvalue weighted by atomic mass is 35.5. The number of nitrogens with zero attached hydrogens (tertiary/aromatic N) is 3. The fourth-order valence-electron chi connectivity index (χ4n) is 2.53. The number of aromatic nitrogens is 1. The smallest absolute Gasteiger partial charge is 0.185 e. The maximum absolute atomic E-state index is 5.82. The van der Waals surface area contributed by atoms with Gasteiger partial charge in [-0.2, -0.15) is 0 Å². The molecule has 3 nitrogen and oxygen atoms in total. The third-order valence-electron chi connectivity index (χ3n) is 3.79. The van der Waals surface area contributed by atoms with Crippen molar-refractivity contribution in [3.63, 3.8) is 0 Å². The number of thiazole rings is 1. The molecule has 3 rings (SSSR count). The summed E-state index contributed by atoms with van der Waals surface area (Å²) < 4.78 is 0. The molecule has 1 aliphatic rings. The minimum absolute atomic E-state index is 0.501. The van der Waals surface area contributed by atoms with E-state index < -0.39 is 0 Å². The van der Waals surface area contributed by atoms with E-state index in [2.05, 4.69) is 56.6 Å². The van der Waals surface area contributed by atoms with Crippen molar-refractivity contribution in [3.05, 3.63) is 53.0 Å². The maximum Gasteiger partial charge on any atom is 0.185 e. The normalized spacial score (nSPS) is 16.5. The van der Waals surface area contributed by atoms with E-state index in [0.717, 1.165) is 43.5 Å². The van der Waals surface area contributed by atoms with Crippen molar-refractivity contribution in [2.75, 3.05) is 37.6 Å². The molecule has 0 bridgehead atoms. The van der Waals surface area contributed by atoms with Gasteiger partial charge in [0.2, 0.25) is 0 Å². The zero-order valence-corrected chi connectivity index (χ0v) is 14.1. The molecule has 5 heteroatoms. The molecule has 0 spiro atoms. The molecule has 2 aromatic rings. The van der Waals surface area contributed by atoms with Crippen LogP contribution in [-0.2, 0) is 5.88 Å². The van der Waals surface area contributed by atoms with Gasteiger partial charge >= 0.3 is 0 Å². The van der Waals surface area contributed by atoms with E-state index in [9.17, 15) is 0 Å². The first-order chi connectivity index (χ1) is 10.8. The van der Waals surface area contributed by atoms with E-state index in [4.69, 9.17) is 11.6 Å². The summed E-state index contributed by atoms with van der Waals surface area (Å²) in [4.78, 5) is 9.40. The average Bonchev–Trinajstić information content (AvgIpc) is 3.06. The Labute approximate surface area is 140 Å². The Kier molecular flexibility index (Phi) is 5.48. The molecule has 1 saturated heterocycles. The molecule has 22 heavy (non-hydrogen) atoms. The van der Waals surface area contributed by atoms with E-state index in [-0.39, 0.29) is 0 Å². The van der Waals surface area contributed by atoms with Gasteiger partial charge in [-0.1, -0.05) is 42.5 Å². The van der Waals surface area contributed by atoms with Crippen LogP contribution in [0.3, 0.4) is 0 Å². The zero-order chi connectivity index (χ0) is 15.2. The van der Waals surface area contributed by atoms with E-state index >= 15 is 0 Å². The molecule has 0 atom stereocenters. The van der Waals surface area contributed by atoms with Gasteiger partial charge in [-0.05, 0) is 5.56 Å². The summed E-state index contributed by atoms with van der Waals surface area (Å²) in [5.74, 6) is 0.501. The fraction of sp³-hybridized carbons (Fsp3) is 0.353. The third-order valence-corrected chi connectivity index (χ3v) is 5.02. The van der Waals surface area contributed by atoms with Crippen LogP contribution in [0.2, 0.25) is 0 Å². The topological polar surface area (TPSA) is 19.4 Å². The van der Waals surface area contributed by atoms with Gasteiger partial charge in [0.1, 0.15) is 0 Å². The number of hydrogen-bond donors (Lipinski definition) is 0. The van der Waals surface area contributed by atoms with Gasteiger partial charge in [0.25, 0.3) is 0 Å². The van der Waals surface area contributed by atoms with Crippen LogP contribution in [0.25, 0.3) is 6.08 Å². The van der Waals surface area contributed by atoms with Crippen molar-refractivity contribution in [2.45, 2.75) is 5.88 Å². The summed E-state index contributed by atoms with van der Waals surface area (Å²) in [6.07, 6.45) is 4.44.